The second-order valence-corrected chi connectivity index (χ2v) is 19.7. The maximum atomic E-state index is 12.4. The molecule has 0 aromatic heterocycles. The minimum Gasteiger partial charge on any atom is -0.479 e. The van der Waals surface area contributed by atoms with Crippen molar-refractivity contribution >= 4 is 17.9 Å². The summed E-state index contributed by atoms with van der Waals surface area (Å²) in [5.41, 5.74) is 0. The van der Waals surface area contributed by atoms with Gasteiger partial charge in [-0.1, -0.05) is 111 Å². The summed E-state index contributed by atoms with van der Waals surface area (Å²) >= 11 is 0. The highest BCUT2D eigenvalue weighted by Crippen LogP contribution is 2.33. The third-order valence-corrected chi connectivity index (χ3v) is 13.1. The summed E-state index contributed by atoms with van der Waals surface area (Å²) in [4.78, 5) is 35.0. The van der Waals surface area contributed by atoms with Gasteiger partial charge < -0.3 is 89.0 Å². The van der Waals surface area contributed by atoms with Gasteiger partial charge in [0.05, 0.1) is 31.5 Å². The molecule has 21 heteroatoms. The number of carboxylic acids is 1. The lowest BCUT2D eigenvalue weighted by Gasteiger charge is -2.46. The van der Waals surface area contributed by atoms with Gasteiger partial charge in [0.15, 0.2) is 31.1 Å². The number of aliphatic hydroxyl groups excluding tert-OH is 9. The average molecular weight is 1010 g/mol. The van der Waals surface area contributed by atoms with Crippen LogP contribution in [0.5, 0.6) is 0 Å². The fourth-order valence-electron chi connectivity index (χ4n) is 8.85. The first-order valence-corrected chi connectivity index (χ1v) is 25.9. The van der Waals surface area contributed by atoms with Gasteiger partial charge in [-0.3, -0.25) is 9.59 Å². The standard InChI is InChI=1S/C49H88O21/c1-5-6-20-31(21-19-24-33(52)32(51)22-17-15-13-11-9-7-8-10-12-14-16-18-23-34(53)46(61)62)67-48-44(39(57)35(54)26-64-48)70-49-45(40(58)36(55)27-65-49)69-47-42(60)41(59)43(66-30(4)50)37(68-47)28-63-38(56)25-29(2)3/h29,31-37,39-45,47-49,51-55,57-60H,5-28H2,1-4H3,(H,61,62)/t31?,32?,33?,34?,35-,36-,37-,39+,40+,41-,42-,43-,44-,45-,47+,48+,49+/m1/s1. The van der Waals surface area contributed by atoms with Crippen molar-refractivity contribution in [1.82, 2.24) is 0 Å². The molecule has 3 fully saturated rings. The molecule has 0 spiro atoms. The average Bonchev–Trinajstić information content (AvgIpc) is 3.31. The van der Waals surface area contributed by atoms with Crippen LogP contribution >= 0.6 is 0 Å². The molecule has 0 bridgehead atoms. The molecule has 10 N–H and O–H groups in total. The van der Waals surface area contributed by atoms with E-state index in [4.69, 9.17) is 43.0 Å². The second-order valence-electron chi connectivity index (χ2n) is 19.7. The van der Waals surface area contributed by atoms with E-state index in [0.29, 0.717) is 38.5 Å². The zero-order chi connectivity index (χ0) is 51.8. The van der Waals surface area contributed by atoms with E-state index in [1.165, 1.54) is 0 Å². The Labute approximate surface area is 413 Å². The molecule has 70 heavy (non-hydrogen) atoms. The van der Waals surface area contributed by atoms with E-state index in [-0.39, 0.29) is 18.9 Å². The van der Waals surface area contributed by atoms with Crippen molar-refractivity contribution in [2.24, 2.45) is 5.92 Å². The highest BCUT2D eigenvalue weighted by atomic mass is 16.8. The van der Waals surface area contributed by atoms with Gasteiger partial charge >= 0.3 is 17.9 Å². The van der Waals surface area contributed by atoms with Gasteiger partial charge in [0.25, 0.3) is 0 Å². The molecule has 0 aromatic rings. The van der Waals surface area contributed by atoms with Crippen LogP contribution in [0.25, 0.3) is 0 Å². The Kier molecular flexibility index (Phi) is 29.8. The van der Waals surface area contributed by atoms with Gasteiger partial charge in [-0.05, 0) is 44.4 Å². The number of rotatable bonds is 35. The van der Waals surface area contributed by atoms with Crippen LogP contribution < -0.4 is 0 Å². The second kappa shape index (κ2) is 33.6. The van der Waals surface area contributed by atoms with Gasteiger partial charge in [-0.2, -0.15) is 0 Å². The van der Waals surface area contributed by atoms with Crippen molar-refractivity contribution in [2.45, 2.75) is 267 Å². The van der Waals surface area contributed by atoms with Crippen LogP contribution in [0, 0.1) is 5.92 Å². The molecule has 0 aromatic carbocycles. The highest BCUT2D eigenvalue weighted by molar-refractivity contribution is 5.71. The molecule has 0 amide bonds. The number of esters is 2. The van der Waals surface area contributed by atoms with Crippen LogP contribution in [0.1, 0.15) is 163 Å². The number of aliphatic carboxylic acids is 1. The molecule has 0 saturated carbocycles. The lowest BCUT2D eigenvalue weighted by atomic mass is 9.98. The first-order valence-electron chi connectivity index (χ1n) is 25.9. The number of aliphatic hydroxyl groups is 9. The Hall–Kier alpha value is -2.19. The van der Waals surface area contributed by atoms with Gasteiger partial charge in [0.2, 0.25) is 0 Å². The fraction of sp³-hybridized carbons (Fsp3) is 0.939. The predicted molar refractivity (Wildman–Crippen MR) is 248 cm³/mol. The zero-order valence-electron chi connectivity index (χ0n) is 41.8. The quantitative estimate of drug-likeness (QED) is 0.0321. The maximum Gasteiger partial charge on any atom is 0.332 e. The monoisotopic (exact) mass is 1010 g/mol. The topological polar surface area (TPSA) is 327 Å². The first kappa shape index (κ1) is 62.1. The number of ether oxygens (including phenoxy) is 8. The summed E-state index contributed by atoms with van der Waals surface area (Å²) in [7, 11) is 0. The number of hydrogen-bond donors (Lipinski definition) is 10. The summed E-state index contributed by atoms with van der Waals surface area (Å²) in [6.45, 7) is 5.41. The molecule has 3 heterocycles. The predicted octanol–water partition coefficient (Wildman–Crippen LogP) is 2.26. The van der Waals surface area contributed by atoms with E-state index in [1.807, 2.05) is 6.92 Å². The zero-order valence-corrected chi connectivity index (χ0v) is 41.8. The number of carboxylic acid groups (broad SMARTS) is 1. The van der Waals surface area contributed by atoms with Crippen molar-refractivity contribution in [3.05, 3.63) is 0 Å². The Morgan fingerprint density at radius 2 is 1.07 bits per heavy atom. The van der Waals surface area contributed by atoms with Crippen LogP contribution in [-0.2, 0) is 52.3 Å². The number of carbonyl (C=O) groups excluding carboxylic acids is 2. The molecule has 3 saturated heterocycles. The number of carbonyl (C=O) groups is 3. The molecule has 3 aliphatic heterocycles. The molecule has 17 atom stereocenters. The van der Waals surface area contributed by atoms with Crippen molar-refractivity contribution in [2.75, 3.05) is 19.8 Å². The van der Waals surface area contributed by atoms with Crippen LogP contribution in [-0.4, -0.2) is 193 Å². The van der Waals surface area contributed by atoms with Crippen LogP contribution in [0.4, 0.5) is 0 Å². The van der Waals surface area contributed by atoms with Crippen LogP contribution in [0.15, 0.2) is 0 Å². The minimum atomic E-state index is -1.91. The Balaban J connectivity index is 1.52. The molecule has 0 aliphatic carbocycles. The third kappa shape index (κ3) is 22.1. The van der Waals surface area contributed by atoms with Crippen molar-refractivity contribution in [3.63, 3.8) is 0 Å². The molecule has 21 nitrogen and oxygen atoms in total. The summed E-state index contributed by atoms with van der Waals surface area (Å²) in [6, 6.07) is 0. The summed E-state index contributed by atoms with van der Waals surface area (Å²) in [5.74, 6) is -2.62. The lowest BCUT2D eigenvalue weighted by molar-refractivity contribution is -0.380. The van der Waals surface area contributed by atoms with Crippen LogP contribution in [0.2, 0.25) is 0 Å². The van der Waals surface area contributed by atoms with Gasteiger partial charge in [-0.25, -0.2) is 4.79 Å². The van der Waals surface area contributed by atoms with E-state index < -0.39 is 135 Å². The van der Waals surface area contributed by atoms with E-state index in [9.17, 15) is 60.3 Å². The molecule has 3 rings (SSSR count). The number of hydrogen-bond acceptors (Lipinski definition) is 20. The van der Waals surface area contributed by atoms with Crippen molar-refractivity contribution < 1.29 is 103 Å². The summed E-state index contributed by atoms with van der Waals surface area (Å²) < 4.78 is 46.5. The van der Waals surface area contributed by atoms with Crippen molar-refractivity contribution in [3.8, 4) is 0 Å². The maximum absolute atomic E-state index is 12.4. The molecule has 410 valence electrons. The summed E-state index contributed by atoms with van der Waals surface area (Å²) in [5, 5.41) is 106. The normalized spacial score (nSPS) is 31.2. The SMILES string of the molecule is CCCCC(CCCC(O)C(O)CCCCCCCCCCCCCCC(O)C(=O)O)O[C@@H]1OC[C@@H](O)[C@H](O)[C@H]1O[C@@H]1OC[C@@H](O)[C@H](O)[C@H]1O[C@@H]1O[C@H](COC(=O)CC(C)C)[C@@H](OC(C)=O)[C@H](O)[C@H]1O. The molecule has 3 aliphatic rings. The largest absolute Gasteiger partial charge is 0.479 e. The lowest BCUT2D eigenvalue weighted by Crippen LogP contribution is -2.65. The smallest absolute Gasteiger partial charge is 0.332 e. The minimum absolute atomic E-state index is 0.0403. The summed E-state index contributed by atoms with van der Waals surface area (Å²) in [6.07, 6.45) is -7.77. The van der Waals surface area contributed by atoms with Crippen molar-refractivity contribution in [1.29, 1.82) is 0 Å². The van der Waals surface area contributed by atoms with E-state index >= 15 is 0 Å². The first-order chi connectivity index (χ1) is 33.3. The van der Waals surface area contributed by atoms with Crippen LogP contribution in [0.3, 0.4) is 0 Å². The Bertz CT molecular complexity index is 1440. The highest BCUT2D eigenvalue weighted by Gasteiger charge is 2.52. The van der Waals surface area contributed by atoms with Gasteiger partial charge in [-0.15, -0.1) is 0 Å². The molecular formula is C49H88O21. The number of unbranched alkanes of at least 4 members (excludes halogenated alkanes) is 12. The van der Waals surface area contributed by atoms with E-state index in [1.54, 1.807) is 13.8 Å². The van der Waals surface area contributed by atoms with Gasteiger partial charge in [0.1, 0.15) is 61.5 Å². The van der Waals surface area contributed by atoms with E-state index in [2.05, 4.69) is 0 Å². The van der Waals surface area contributed by atoms with E-state index in [0.717, 1.165) is 96.8 Å². The van der Waals surface area contributed by atoms with Gasteiger partial charge in [0, 0.05) is 13.3 Å². The Morgan fingerprint density at radius 3 is 1.60 bits per heavy atom. The molecule has 4 unspecified atom stereocenters. The third-order valence-electron chi connectivity index (χ3n) is 13.1. The molecular weight excluding hydrogens is 925 g/mol. The molecule has 0 radical (unpaired) electrons. The fourth-order valence-corrected chi connectivity index (χ4v) is 8.85. The Morgan fingerprint density at radius 1 is 0.586 bits per heavy atom.